The van der Waals surface area contributed by atoms with Gasteiger partial charge in [-0.2, -0.15) is 0 Å². The molecular formula is C16H24N2O2. The van der Waals surface area contributed by atoms with Crippen molar-refractivity contribution in [2.24, 2.45) is 11.8 Å². The van der Waals surface area contributed by atoms with Gasteiger partial charge in [-0.25, -0.2) is 0 Å². The average molecular weight is 276 g/mol. The van der Waals surface area contributed by atoms with Crippen LogP contribution in [0.3, 0.4) is 0 Å². The fourth-order valence-electron chi connectivity index (χ4n) is 2.82. The molecule has 0 aliphatic heterocycles. The summed E-state index contributed by atoms with van der Waals surface area (Å²) in [4.78, 5) is 10.8. The van der Waals surface area contributed by atoms with E-state index in [1.165, 1.54) is 12.8 Å². The summed E-state index contributed by atoms with van der Waals surface area (Å²) in [5, 5.41) is 14.7. The second-order valence-electron chi connectivity index (χ2n) is 5.85. The minimum Gasteiger partial charge on any atom is -0.313 e. The number of nitrogens with one attached hydrogen (secondary N) is 1. The molecule has 0 bridgehead atoms. The molecular weight excluding hydrogens is 252 g/mol. The molecule has 0 saturated heterocycles. The lowest BCUT2D eigenvalue weighted by atomic mass is 9.90. The van der Waals surface area contributed by atoms with E-state index in [0.29, 0.717) is 12.0 Å². The number of rotatable bonds is 8. The van der Waals surface area contributed by atoms with Gasteiger partial charge in [0, 0.05) is 17.7 Å². The van der Waals surface area contributed by atoms with E-state index in [-0.39, 0.29) is 10.6 Å². The Bertz CT molecular complexity index is 458. The first-order valence-electron chi connectivity index (χ1n) is 7.59. The normalized spacial score (nSPS) is 17.7. The molecule has 1 saturated carbocycles. The van der Waals surface area contributed by atoms with E-state index < -0.39 is 0 Å². The van der Waals surface area contributed by atoms with Crippen LogP contribution in [-0.2, 0) is 6.42 Å². The van der Waals surface area contributed by atoms with Crippen LogP contribution in [0.15, 0.2) is 24.3 Å². The maximum absolute atomic E-state index is 11.1. The van der Waals surface area contributed by atoms with Gasteiger partial charge in [-0.15, -0.1) is 0 Å². The van der Waals surface area contributed by atoms with Crippen molar-refractivity contribution in [2.45, 2.75) is 45.6 Å². The molecule has 0 heterocycles. The number of para-hydroxylation sites is 1. The Balaban J connectivity index is 2.11. The number of benzene rings is 1. The number of nitrogens with zero attached hydrogens (tertiary/aromatic N) is 1. The van der Waals surface area contributed by atoms with Crippen LogP contribution in [0.4, 0.5) is 5.69 Å². The highest BCUT2D eigenvalue weighted by molar-refractivity contribution is 5.40. The SMILES string of the molecule is CCCNC(Cc1ccccc1[N+](=O)[O-])C(C)C1CC1. The standard InChI is InChI=1S/C16H24N2O2/c1-3-10-17-15(12(2)13-8-9-13)11-14-6-4-5-7-16(14)18(19)20/h4-7,12-13,15,17H,3,8-11H2,1-2H3. The lowest BCUT2D eigenvalue weighted by Gasteiger charge is -2.25. The maximum Gasteiger partial charge on any atom is 0.272 e. The van der Waals surface area contributed by atoms with Crippen molar-refractivity contribution in [2.75, 3.05) is 6.54 Å². The lowest BCUT2D eigenvalue weighted by molar-refractivity contribution is -0.385. The Kier molecular flexibility index (Phi) is 5.12. The van der Waals surface area contributed by atoms with Gasteiger partial charge in [0.05, 0.1) is 4.92 Å². The molecule has 1 aromatic rings. The van der Waals surface area contributed by atoms with Crippen molar-refractivity contribution in [3.8, 4) is 0 Å². The predicted octanol–water partition coefficient (Wildman–Crippen LogP) is 3.55. The minimum absolute atomic E-state index is 0.249. The molecule has 2 atom stereocenters. The zero-order chi connectivity index (χ0) is 14.5. The average Bonchev–Trinajstić information content (AvgIpc) is 3.27. The molecule has 0 spiro atoms. The maximum atomic E-state index is 11.1. The van der Waals surface area contributed by atoms with Crippen molar-refractivity contribution in [3.63, 3.8) is 0 Å². The van der Waals surface area contributed by atoms with Crippen LogP contribution < -0.4 is 5.32 Å². The third-order valence-electron chi connectivity index (χ3n) is 4.28. The number of hydrogen-bond donors (Lipinski definition) is 1. The smallest absolute Gasteiger partial charge is 0.272 e. The first-order valence-corrected chi connectivity index (χ1v) is 7.59. The minimum atomic E-state index is -0.270. The second-order valence-corrected chi connectivity index (χ2v) is 5.85. The van der Waals surface area contributed by atoms with Gasteiger partial charge in [0.15, 0.2) is 0 Å². The Morgan fingerprint density at radius 3 is 2.70 bits per heavy atom. The van der Waals surface area contributed by atoms with Gasteiger partial charge in [-0.1, -0.05) is 32.0 Å². The van der Waals surface area contributed by atoms with E-state index in [0.717, 1.165) is 30.9 Å². The Hall–Kier alpha value is -1.42. The van der Waals surface area contributed by atoms with Crippen LogP contribution in [0.5, 0.6) is 0 Å². The van der Waals surface area contributed by atoms with Gasteiger partial charge in [0.1, 0.15) is 0 Å². The highest BCUT2D eigenvalue weighted by Gasteiger charge is 2.33. The molecule has 0 amide bonds. The molecule has 1 aromatic carbocycles. The summed E-state index contributed by atoms with van der Waals surface area (Å²) >= 11 is 0. The van der Waals surface area contributed by atoms with Gasteiger partial charge in [0.2, 0.25) is 0 Å². The Labute approximate surface area is 120 Å². The molecule has 110 valence electrons. The van der Waals surface area contributed by atoms with Gasteiger partial charge in [-0.3, -0.25) is 10.1 Å². The molecule has 1 aliphatic rings. The van der Waals surface area contributed by atoms with Crippen LogP contribution in [0, 0.1) is 22.0 Å². The Morgan fingerprint density at radius 1 is 1.40 bits per heavy atom. The zero-order valence-corrected chi connectivity index (χ0v) is 12.3. The number of hydrogen-bond acceptors (Lipinski definition) is 3. The highest BCUT2D eigenvalue weighted by atomic mass is 16.6. The molecule has 2 unspecified atom stereocenters. The molecule has 20 heavy (non-hydrogen) atoms. The van der Waals surface area contributed by atoms with Crippen molar-refractivity contribution in [3.05, 3.63) is 39.9 Å². The van der Waals surface area contributed by atoms with E-state index in [9.17, 15) is 10.1 Å². The van der Waals surface area contributed by atoms with Crippen LogP contribution in [0.2, 0.25) is 0 Å². The summed E-state index contributed by atoms with van der Waals surface area (Å²) < 4.78 is 0. The molecule has 0 aromatic heterocycles. The summed E-state index contributed by atoms with van der Waals surface area (Å²) in [6.07, 6.45) is 4.45. The summed E-state index contributed by atoms with van der Waals surface area (Å²) in [5.41, 5.74) is 1.09. The van der Waals surface area contributed by atoms with E-state index in [1.807, 2.05) is 12.1 Å². The van der Waals surface area contributed by atoms with Crippen molar-refractivity contribution in [1.82, 2.24) is 5.32 Å². The summed E-state index contributed by atoms with van der Waals surface area (Å²) in [7, 11) is 0. The van der Waals surface area contributed by atoms with E-state index in [1.54, 1.807) is 12.1 Å². The third kappa shape index (κ3) is 3.79. The molecule has 4 heteroatoms. The summed E-state index contributed by atoms with van der Waals surface area (Å²) in [5.74, 6) is 1.38. The van der Waals surface area contributed by atoms with Gasteiger partial charge >= 0.3 is 0 Å². The molecule has 1 N–H and O–H groups in total. The summed E-state index contributed by atoms with van der Waals surface area (Å²) in [6, 6.07) is 7.46. The van der Waals surface area contributed by atoms with Crippen molar-refractivity contribution >= 4 is 5.69 Å². The Morgan fingerprint density at radius 2 is 2.10 bits per heavy atom. The number of nitro benzene ring substituents is 1. The third-order valence-corrected chi connectivity index (χ3v) is 4.28. The van der Waals surface area contributed by atoms with Gasteiger partial charge < -0.3 is 5.32 Å². The topological polar surface area (TPSA) is 55.2 Å². The van der Waals surface area contributed by atoms with Gasteiger partial charge in [0.25, 0.3) is 5.69 Å². The monoisotopic (exact) mass is 276 g/mol. The fraction of sp³-hybridized carbons (Fsp3) is 0.625. The molecule has 2 rings (SSSR count). The van der Waals surface area contributed by atoms with Crippen LogP contribution in [-0.4, -0.2) is 17.5 Å². The van der Waals surface area contributed by atoms with Crippen LogP contribution >= 0.6 is 0 Å². The predicted molar refractivity (Wildman–Crippen MR) is 80.8 cm³/mol. The van der Waals surface area contributed by atoms with E-state index in [2.05, 4.69) is 19.2 Å². The van der Waals surface area contributed by atoms with Crippen molar-refractivity contribution in [1.29, 1.82) is 0 Å². The first-order chi connectivity index (χ1) is 9.63. The highest BCUT2D eigenvalue weighted by Crippen LogP contribution is 2.39. The van der Waals surface area contributed by atoms with E-state index in [4.69, 9.17) is 0 Å². The van der Waals surface area contributed by atoms with Crippen LogP contribution in [0.25, 0.3) is 0 Å². The van der Waals surface area contributed by atoms with Crippen LogP contribution in [0.1, 0.15) is 38.7 Å². The largest absolute Gasteiger partial charge is 0.313 e. The fourth-order valence-corrected chi connectivity index (χ4v) is 2.82. The second kappa shape index (κ2) is 6.84. The lowest BCUT2D eigenvalue weighted by Crippen LogP contribution is -2.38. The number of nitro groups is 1. The molecule has 1 fully saturated rings. The summed E-state index contributed by atoms with van der Waals surface area (Å²) in [6.45, 7) is 5.40. The van der Waals surface area contributed by atoms with Gasteiger partial charge in [-0.05, 0) is 44.1 Å². The zero-order valence-electron chi connectivity index (χ0n) is 12.3. The van der Waals surface area contributed by atoms with E-state index >= 15 is 0 Å². The first kappa shape index (κ1) is 15.0. The molecule has 4 nitrogen and oxygen atoms in total. The van der Waals surface area contributed by atoms with Crippen molar-refractivity contribution < 1.29 is 4.92 Å². The quantitative estimate of drug-likeness (QED) is 0.583. The molecule has 0 radical (unpaired) electrons. The molecule has 1 aliphatic carbocycles.